The largest absolute Gasteiger partial charge is 0.378 e. The molecule has 1 N–H and O–H groups in total. The smallest absolute Gasteiger partial charge is 0.231 e. The normalized spacial score (nSPS) is 15.0. The summed E-state index contributed by atoms with van der Waals surface area (Å²) in [6.07, 6.45) is 1.76. The Hall–Kier alpha value is -1.93. The molecule has 2 aromatic heterocycles. The predicted molar refractivity (Wildman–Crippen MR) is 80.8 cm³/mol. The van der Waals surface area contributed by atoms with E-state index in [0.29, 0.717) is 30.3 Å². The molecule has 0 amide bonds. The zero-order chi connectivity index (χ0) is 14.5. The molecule has 0 aliphatic carbocycles. The van der Waals surface area contributed by atoms with Crippen molar-refractivity contribution in [1.29, 1.82) is 0 Å². The summed E-state index contributed by atoms with van der Waals surface area (Å²) in [7, 11) is 1.80. The Morgan fingerprint density at radius 3 is 2.76 bits per heavy atom. The molecule has 21 heavy (non-hydrogen) atoms. The maximum atomic E-state index is 5.36. The SMILES string of the molecule is CNc1nc(Sc2ccccn2)nc(N2CCOCC2)n1. The van der Waals surface area contributed by atoms with E-state index in [0.717, 1.165) is 18.1 Å². The monoisotopic (exact) mass is 304 g/mol. The second-order valence-corrected chi connectivity index (χ2v) is 5.35. The second-order valence-electron chi connectivity index (χ2n) is 4.36. The zero-order valence-electron chi connectivity index (χ0n) is 11.7. The van der Waals surface area contributed by atoms with E-state index in [1.807, 2.05) is 18.2 Å². The van der Waals surface area contributed by atoms with Crippen molar-refractivity contribution >= 4 is 23.7 Å². The van der Waals surface area contributed by atoms with Crippen molar-refractivity contribution in [2.45, 2.75) is 10.2 Å². The van der Waals surface area contributed by atoms with Gasteiger partial charge in [0.15, 0.2) is 0 Å². The molecule has 2 aromatic rings. The van der Waals surface area contributed by atoms with Crippen molar-refractivity contribution in [3.63, 3.8) is 0 Å². The highest BCUT2D eigenvalue weighted by Crippen LogP contribution is 2.24. The summed E-state index contributed by atoms with van der Waals surface area (Å²) in [5, 5.41) is 4.47. The van der Waals surface area contributed by atoms with Crippen molar-refractivity contribution in [2.75, 3.05) is 43.6 Å². The molecule has 110 valence electrons. The average molecular weight is 304 g/mol. The van der Waals surface area contributed by atoms with Crippen LogP contribution in [0.1, 0.15) is 0 Å². The summed E-state index contributed by atoms with van der Waals surface area (Å²) in [5.41, 5.74) is 0. The van der Waals surface area contributed by atoms with E-state index in [-0.39, 0.29) is 0 Å². The van der Waals surface area contributed by atoms with Crippen LogP contribution in [0.3, 0.4) is 0 Å². The van der Waals surface area contributed by atoms with Crippen molar-refractivity contribution in [2.24, 2.45) is 0 Å². The Morgan fingerprint density at radius 1 is 1.19 bits per heavy atom. The number of aromatic nitrogens is 4. The van der Waals surface area contributed by atoms with E-state index in [9.17, 15) is 0 Å². The maximum absolute atomic E-state index is 5.36. The number of ether oxygens (including phenoxy) is 1. The lowest BCUT2D eigenvalue weighted by atomic mass is 10.4. The molecule has 0 radical (unpaired) electrons. The summed E-state index contributed by atoms with van der Waals surface area (Å²) < 4.78 is 5.36. The van der Waals surface area contributed by atoms with Crippen molar-refractivity contribution in [3.05, 3.63) is 24.4 Å². The van der Waals surface area contributed by atoms with Gasteiger partial charge in [-0.2, -0.15) is 15.0 Å². The summed E-state index contributed by atoms with van der Waals surface area (Å²) in [6.45, 7) is 2.98. The van der Waals surface area contributed by atoms with Gasteiger partial charge in [0.2, 0.25) is 17.1 Å². The van der Waals surface area contributed by atoms with Gasteiger partial charge in [-0.05, 0) is 23.9 Å². The van der Waals surface area contributed by atoms with Crippen LogP contribution in [0.2, 0.25) is 0 Å². The molecular formula is C13H16N6OS. The average Bonchev–Trinajstić information content (AvgIpc) is 2.56. The van der Waals surface area contributed by atoms with Crippen LogP contribution in [0, 0.1) is 0 Å². The highest BCUT2D eigenvalue weighted by molar-refractivity contribution is 7.99. The molecule has 0 bridgehead atoms. The Labute approximate surface area is 127 Å². The molecule has 0 saturated carbocycles. The van der Waals surface area contributed by atoms with E-state index < -0.39 is 0 Å². The fourth-order valence-corrected chi connectivity index (χ4v) is 2.62. The van der Waals surface area contributed by atoms with Gasteiger partial charge in [-0.3, -0.25) is 0 Å². The van der Waals surface area contributed by atoms with Gasteiger partial charge in [-0.1, -0.05) is 6.07 Å². The third-order valence-corrected chi connectivity index (χ3v) is 3.77. The first-order chi connectivity index (χ1) is 10.3. The van der Waals surface area contributed by atoms with Crippen LogP contribution in [-0.4, -0.2) is 53.3 Å². The number of pyridine rings is 1. The fraction of sp³-hybridized carbons (Fsp3) is 0.385. The minimum Gasteiger partial charge on any atom is -0.378 e. The predicted octanol–water partition coefficient (Wildman–Crippen LogP) is 1.30. The van der Waals surface area contributed by atoms with Crippen LogP contribution >= 0.6 is 11.8 Å². The molecule has 0 unspecified atom stereocenters. The van der Waals surface area contributed by atoms with E-state index in [1.165, 1.54) is 11.8 Å². The minimum absolute atomic E-state index is 0.560. The maximum Gasteiger partial charge on any atom is 0.231 e. The zero-order valence-corrected chi connectivity index (χ0v) is 12.5. The van der Waals surface area contributed by atoms with Crippen LogP contribution in [0.4, 0.5) is 11.9 Å². The van der Waals surface area contributed by atoms with Crippen LogP contribution in [0.15, 0.2) is 34.6 Å². The summed E-state index contributed by atoms with van der Waals surface area (Å²) in [5.74, 6) is 1.24. The Morgan fingerprint density at radius 2 is 2.05 bits per heavy atom. The van der Waals surface area contributed by atoms with Gasteiger partial charge in [-0.15, -0.1) is 0 Å². The molecule has 3 heterocycles. The van der Waals surface area contributed by atoms with Crippen LogP contribution in [0.25, 0.3) is 0 Å². The lowest BCUT2D eigenvalue weighted by molar-refractivity contribution is 0.122. The highest BCUT2D eigenvalue weighted by Gasteiger charge is 2.16. The van der Waals surface area contributed by atoms with Crippen LogP contribution < -0.4 is 10.2 Å². The number of nitrogens with one attached hydrogen (secondary N) is 1. The van der Waals surface area contributed by atoms with Gasteiger partial charge in [0.1, 0.15) is 5.03 Å². The number of anilines is 2. The molecule has 1 aliphatic rings. The fourth-order valence-electron chi connectivity index (χ4n) is 1.91. The van der Waals surface area contributed by atoms with Crippen molar-refractivity contribution in [1.82, 2.24) is 19.9 Å². The number of nitrogens with zero attached hydrogens (tertiary/aromatic N) is 5. The molecule has 1 saturated heterocycles. The number of rotatable bonds is 4. The second kappa shape index (κ2) is 6.68. The lowest BCUT2D eigenvalue weighted by Gasteiger charge is -2.26. The lowest BCUT2D eigenvalue weighted by Crippen LogP contribution is -2.37. The third kappa shape index (κ3) is 3.59. The summed E-state index contributed by atoms with van der Waals surface area (Å²) in [6, 6.07) is 5.76. The van der Waals surface area contributed by atoms with E-state index in [2.05, 4.69) is 30.2 Å². The van der Waals surface area contributed by atoms with Gasteiger partial charge in [0.05, 0.1) is 13.2 Å². The standard InChI is InChI=1S/C13H16N6OS/c1-14-11-16-12(19-6-8-20-9-7-19)18-13(17-11)21-10-4-2-3-5-15-10/h2-5H,6-9H2,1H3,(H,14,16,17,18). The summed E-state index contributed by atoms with van der Waals surface area (Å²) >= 11 is 1.42. The highest BCUT2D eigenvalue weighted by atomic mass is 32.2. The topological polar surface area (TPSA) is 76.1 Å². The first-order valence-corrected chi connectivity index (χ1v) is 7.52. The van der Waals surface area contributed by atoms with E-state index in [4.69, 9.17) is 4.74 Å². The van der Waals surface area contributed by atoms with Gasteiger partial charge in [0.25, 0.3) is 0 Å². The van der Waals surface area contributed by atoms with Gasteiger partial charge in [0, 0.05) is 26.3 Å². The minimum atomic E-state index is 0.560. The Balaban J connectivity index is 1.85. The molecule has 0 spiro atoms. The molecule has 1 fully saturated rings. The van der Waals surface area contributed by atoms with Crippen LogP contribution in [0.5, 0.6) is 0 Å². The molecule has 8 heteroatoms. The quantitative estimate of drug-likeness (QED) is 0.906. The molecule has 1 aliphatic heterocycles. The number of morpholine rings is 1. The van der Waals surface area contributed by atoms with Gasteiger partial charge in [-0.25, -0.2) is 4.98 Å². The van der Waals surface area contributed by atoms with Crippen molar-refractivity contribution in [3.8, 4) is 0 Å². The van der Waals surface area contributed by atoms with Crippen molar-refractivity contribution < 1.29 is 4.74 Å². The number of hydrogen-bond acceptors (Lipinski definition) is 8. The Kier molecular flexibility index (Phi) is 4.46. The molecule has 7 nitrogen and oxygen atoms in total. The molecular weight excluding hydrogens is 288 g/mol. The van der Waals surface area contributed by atoms with E-state index >= 15 is 0 Å². The number of hydrogen-bond donors (Lipinski definition) is 1. The first kappa shape index (κ1) is 14.0. The van der Waals surface area contributed by atoms with Gasteiger partial charge < -0.3 is 15.0 Å². The van der Waals surface area contributed by atoms with Crippen LogP contribution in [-0.2, 0) is 4.74 Å². The third-order valence-electron chi connectivity index (χ3n) is 2.95. The summed E-state index contributed by atoms with van der Waals surface area (Å²) in [4.78, 5) is 19.7. The van der Waals surface area contributed by atoms with Gasteiger partial charge >= 0.3 is 0 Å². The Bertz CT molecular complexity index is 590. The first-order valence-electron chi connectivity index (χ1n) is 6.70. The van der Waals surface area contributed by atoms with E-state index in [1.54, 1.807) is 13.2 Å². The molecule has 0 aromatic carbocycles. The molecule has 0 atom stereocenters. The molecule has 3 rings (SSSR count).